The Morgan fingerprint density at radius 1 is 1.09 bits per heavy atom. The topological polar surface area (TPSA) is 102 Å². The van der Waals surface area contributed by atoms with Gasteiger partial charge in [0.2, 0.25) is 5.78 Å². The van der Waals surface area contributed by atoms with Gasteiger partial charge in [-0.15, -0.1) is 0 Å². The minimum atomic E-state index is -0.891. The van der Waals surface area contributed by atoms with Gasteiger partial charge in [-0.1, -0.05) is 0 Å². The first kappa shape index (κ1) is 21.4. The van der Waals surface area contributed by atoms with E-state index in [1.54, 1.807) is 44.7 Å². The number of carbonyl (C=O) groups is 1. The minimum Gasteiger partial charge on any atom is -0.497 e. The predicted molar refractivity (Wildman–Crippen MR) is 119 cm³/mol. The lowest BCUT2D eigenvalue weighted by atomic mass is 10.2. The summed E-state index contributed by atoms with van der Waals surface area (Å²) in [6, 6.07) is 4.51. The van der Waals surface area contributed by atoms with E-state index in [0.717, 1.165) is 16.0 Å². The van der Waals surface area contributed by atoms with Crippen molar-refractivity contribution >= 4 is 22.7 Å². The third-order valence-electron chi connectivity index (χ3n) is 6.07. The average molecular weight is 439 g/mol. The standard InChI is InChI=1S/C22H25N5O5/c1-11-12(2)26-18-19(24(5)22(30)27(20(18)29)13(3)14(4)28)23-21(26)25(11)16-10-15(31-6)8-9-17(16)32-7/h8-10,13H,1-7H3/t13-/m1/s1. The van der Waals surface area contributed by atoms with E-state index < -0.39 is 17.3 Å². The maximum absolute atomic E-state index is 13.4. The largest absolute Gasteiger partial charge is 0.497 e. The Labute approximate surface area is 183 Å². The molecular formula is C22H25N5O5. The molecule has 0 spiro atoms. The fourth-order valence-corrected chi connectivity index (χ4v) is 4.00. The zero-order valence-electron chi connectivity index (χ0n) is 19.1. The fraction of sp³-hybridized carbons (Fsp3) is 0.364. The molecule has 0 N–H and O–H groups in total. The van der Waals surface area contributed by atoms with Crippen LogP contribution in [-0.4, -0.2) is 43.1 Å². The monoisotopic (exact) mass is 439 g/mol. The third kappa shape index (κ3) is 2.79. The summed E-state index contributed by atoms with van der Waals surface area (Å²) in [7, 11) is 4.69. The Bertz CT molecular complexity index is 1520. The maximum Gasteiger partial charge on any atom is 0.333 e. The molecule has 0 saturated carbocycles. The lowest BCUT2D eigenvalue weighted by Gasteiger charge is -2.13. The highest BCUT2D eigenvalue weighted by molar-refractivity contribution is 5.81. The number of Topliss-reactive ketones (excluding diaryl/α,β-unsaturated/α-hetero) is 1. The van der Waals surface area contributed by atoms with E-state index in [2.05, 4.69) is 4.98 Å². The molecule has 0 amide bonds. The van der Waals surface area contributed by atoms with Gasteiger partial charge < -0.3 is 9.47 Å². The van der Waals surface area contributed by atoms with E-state index >= 15 is 0 Å². The van der Waals surface area contributed by atoms with Gasteiger partial charge in [0.15, 0.2) is 16.9 Å². The van der Waals surface area contributed by atoms with Gasteiger partial charge in [-0.25, -0.2) is 9.36 Å². The van der Waals surface area contributed by atoms with Gasteiger partial charge in [0.1, 0.15) is 11.5 Å². The van der Waals surface area contributed by atoms with Crippen LogP contribution in [0.5, 0.6) is 11.5 Å². The van der Waals surface area contributed by atoms with Crippen molar-refractivity contribution < 1.29 is 14.3 Å². The molecule has 4 aromatic rings. The lowest BCUT2D eigenvalue weighted by Crippen LogP contribution is -2.42. The molecule has 4 rings (SSSR count). The van der Waals surface area contributed by atoms with E-state index in [-0.39, 0.29) is 16.9 Å². The molecule has 168 valence electrons. The van der Waals surface area contributed by atoms with E-state index in [9.17, 15) is 14.4 Å². The molecule has 1 atom stereocenters. The maximum atomic E-state index is 13.4. The summed E-state index contributed by atoms with van der Waals surface area (Å²) >= 11 is 0. The predicted octanol–water partition coefficient (Wildman–Crippen LogP) is 1.92. The van der Waals surface area contributed by atoms with Gasteiger partial charge in [-0.05, 0) is 39.8 Å². The second kappa shape index (κ2) is 7.40. The van der Waals surface area contributed by atoms with Crippen molar-refractivity contribution in [3.8, 4) is 17.2 Å². The van der Waals surface area contributed by atoms with Crippen molar-refractivity contribution in [1.29, 1.82) is 0 Å². The highest BCUT2D eigenvalue weighted by Gasteiger charge is 2.26. The van der Waals surface area contributed by atoms with Crippen molar-refractivity contribution in [2.75, 3.05) is 14.2 Å². The highest BCUT2D eigenvalue weighted by Crippen LogP contribution is 2.32. The SMILES string of the molecule is COc1ccc(OC)c(-n2c(C)c(C)n3c4c(=O)n([C@H](C)C(C)=O)c(=O)n(C)c4nc23)c1. The summed E-state index contributed by atoms with van der Waals surface area (Å²) in [5.41, 5.74) is 1.60. The van der Waals surface area contributed by atoms with Gasteiger partial charge in [-0.2, -0.15) is 4.98 Å². The Morgan fingerprint density at radius 2 is 1.78 bits per heavy atom. The van der Waals surface area contributed by atoms with Crippen molar-refractivity contribution in [2.24, 2.45) is 7.05 Å². The molecule has 0 saturated heterocycles. The summed E-state index contributed by atoms with van der Waals surface area (Å²) in [5, 5.41) is 0. The molecule has 3 heterocycles. The molecule has 10 heteroatoms. The summed E-state index contributed by atoms with van der Waals surface area (Å²) in [6.07, 6.45) is 0. The second-order valence-electron chi connectivity index (χ2n) is 7.77. The number of hydrogen-bond acceptors (Lipinski definition) is 6. The van der Waals surface area contributed by atoms with Crippen LogP contribution < -0.4 is 20.7 Å². The third-order valence-corrected chi connectivity index (χ3v) is 6.07. The van der Waals surface area contributed by atoms with Gasteiger partial charge in [0.05, 0.1) is 25.9 Å². The van der Waals surface area contributed by atoms with Crippen LogP contribution in [0.2, 0.25) is 0 Å². The van der Waals surface area contributed by atoms with Gasteiger partial charge in [-0.3, -0.25) is 23.1 Å². The quantitative estimate of drug-likeness (QED) is 0.471. The van der Waals surface area contributed by atoms with Crippen LogP contribution in [0.25, 0.3) is 22.6 Å². The van der Waals surface area contributed by atoms with Crippen LogP contribution in [0, 0.1) is 13.8 Å². The van der Waals surface area contributed by atoms with Crippen LogP contribution >= 0.6 is 0 Å². The number of imidazole rings is 2. The number of nitrogens with zero attached hydrogens (tertiary/aromatic N) is 5. The van der Waals surface area contributed by atoms with E-state index in [1.807, 2.05) is 24.5 Å². The number of benzene rings is 1. The minimum absolute atomic E-state index is 0.233. The molecule has 0 aliphatic carbocycles. The number of methoxy groups -OCH3 is 2. The number of aromatic nitrogens is 5. The molecule has 0 unspecified atom stereocenters. The summed E-state index contributed by atoms with van der Waals surface area (Å²) in [5.74, 6) is 1.39. The number of carbonyl (C=O) groups excluding carboxylic acids is 1. The normalized spacial score (nSPS) is 12.5. The lowest BCUT2D eigenvalue weighted by molar-refractivity contribution is -0.119. The van der Waals surface area contributed by atoms with Crippen LogP contribution in [0.4, 0.5) is 0 Å². The number of hydrogen-bond donors (Lipinski definition) is 0. The molecule has 10 nitrogen and oxygen atoms in total. The summed E-state index contributed by atoms with van der Waals surface area (Å²) in [6.45, 7) is 6.68. The van der Waals surface area contributed by atoms with Crippen molar-refractivity contribution in [3.63, 3.8) is 0 Å². The van der Waals surface area contributed by atoms with Crippen LogP contribution in [0.3, 0.4) is 0 Å². The van der Waals surface area contributed by atoms with Crippen LogP contribution in [0.15, 0.2) is 27.8 Å². The molecule has 3 aromatic heterocycles. The van der Waals surface area contributed by atoms with Crippen LogP contribution in [0.1, 0.15) is 31.3 Å². The van der Waals surface area contributed by atoms with E-state index in [1.165, 1.54) is 11.5 Å². The number of fused-ring (bicyclic) bond motifs is 3. The van der Waals surface area contributed by atoms with Gasteiger partial charge in [0, 0.05) is 24.5 Å². The molecule has 1 aromatic carbocycles. The number of ether oxygens (including phenoxy) is 2. The van der Waals surface area contributed by atoms with E-state index in [4.69, 9.17) is 9.47 Å². The Kier molecular flexibility index (Phi) is 4.95. The van der Waals surface area contributed by atoms with Crippen LogP contribution in [-0.2, 0) is 11.8 Å². The molecular weight excluding hydrogens is 414 g/mol. The molecule has 0 bridgehead atoms. The average Bonchev–Trinajstić information content (AvgIpc) is 3.27. The van der Waals surface area contributed by atoms with E-state index in [0.29, 0.717) is 23.0 Å². The van der Waals surface area contributed by atoms with Gasteiger partial charge >= 0.3 is 5.69 Å². The van der Waals surface area contributed by atoms with Crippen molar-refractivity contribution in [1.82, 2.24) is 23.1 Å². The molecule has 32 heavy (non-hydrogen) atoms. The molecule has 0 aliphatic heterocycles. The first-order valence-corrected chi connectivity index (χ1v) is 10.1. The van der Waals surface area contributed by atoms with Crippen molar-refractivity contribution in [2.45, 2.75) is 33.7 Å². The Hall–Kier alpha value is -3.82. The first-order valence-electron chi connectivity index (χ1n) is 10.1. The highest BCUT2D eigenvalue weighted by atomic mass is 16.5. The van der Waals surface area contributed by atoms with Crippen molar-refractivity contribution in [3.05, 3.63) is 50.4 Å². The number of ketones is 1. The summed E-state index contributed by atoms with van der Waals surface area (Å²) < 4.78 is 16.8. The smallest absolute Gasteiger partial charge is 0.333 e. The Balaban J connectivity index is 2.20. The molecule has 0 fully saturated rings. The first-order chi connectivity index (χ1) is 15.1. The fourth-order valence-electron chi connectivity index (χ4n) is 4.00. The zero-order chi connectivity index (χ0) is 23.5. The molecule has 0 aliphatic rings. The summed E-state index contributed by atoms with van der Waals surface area (Å²) in [4.78, 5) is 43.0. The Morgan fingerprint density at radius 3 is 2.38 bits per heavy atom. The number of rotatable bonds is 5. The van der Waals surface area contributed by atoms with Gasteiger partial charge in [0.25, 0.3) is 5.56 Å². The second-order valence-corrected chi connectivity index (χ2v) is 7.77. The number of aryl methyl sites for hydroxylation is 2. The molecule has 0 radical (unpaired) electrons. The zero-order valence-corrected chi connectivity index (χ0v) is 19.1.